The molecule has 14 heteroatoms. The Morgan fingerprint density at radius 1 is 1.36 bits per heavy atom. The number of ether oxygens (including phenoxy) is 2. The minimum atomic E-state index is -2.98. The molecule has 0 radical (unpaired) electrons. The molecule has 1 saturated heterocycles. The van der Waals surface area contributed by atoms with E-state index in [9.17, 15) is 18.4 Å². The summed E-state index contributed by atoms with van der Waals surface area (Å²) in [6.45, 7) is -0.709. The van der Waals surface area contributed by atoms with Crippen LogP contribution < -0.4 is 21.1 Å². The number of urea groups is 1. The number of nitrogens with two attached hydrogens (primary N) is 1. The monoisotopic (exact) mass is 498 g/mol. The number of halogens is 2. The molecule has 4 rings (SSSR count). The largest absolute Gasteiger partial charge is 0.433 e. The zero-order valence-electron chi connectivity index (χ0n) is 17.3. The van der Waals surface area contributed by atoms with Gasteiger partial charge < -0.3 is 20.5 Å². The minimum Gasteiger partial charge on any atom is -0.433 e. The molecule has 0 spiro atoms. The van der Waals surface area contributed by atoms with Crippen LogP contribution in [0.4, 0.5) is 19.4 Å². The molecular formula is C19H20F2N6O4S2. The van der Waals surface area contributed by atoms with Gasteiger partial charge >= 0.3 is 12.6 Å². The van der Waals surface area contributed by atoms with E-state index >= 15 is 0 Å². The number of aromatic nitrogens is 2. The highest BCUT2D eigenvalue weighted by Gasteiger charge is 2.49. The fourth-order valence-electron chi connectivity index (χ4n) is 3.62. The summed E-state index contributed by atoms with van der Waals surface area (Å²) in [6, 6.07) is 1.80. The fourth-order valence-corrected chi connectivity index (χ4v) is 5.76. The number of nitrogens with zero attached hydrogens (tertiary/aromatic N) is 3. The lowest BCUT2D eigenvalue weighted by Crippen LogP contribution is -2.50. The van der Waals surface area contributed by atoms with Gasteiger partial charge in [-0.2, -0.15) is 8.78 Å². The van der Waals surface area contributed by atoms with Gasteiger partial charge in [0.25, 0.3) is 5.91 Å². The number of nitrogens with one attached hydrogen (secondary N) is 2. The zero-order valence-corrected chi connectivity index (χ0v) is 18.9. The van der Waals surface area contributed by atoms with E-state index in [1.165, 1.54) is 35.2 Å². The molecule has 3 amide bonds. The van der Waals surface area contributed by atoms with Crippen LogP contribution in [0.3, 0.4) is 0 Å². The number of pyridine rings is 1. The lowest BCUT2D eigenvalue weighted by Gasteiger charge is -2.44. The first-order valence-corrected chi connectivity index (χ1v) is 11.7. The first-order chi connectivity index (χ1) is 15.7. The van der Waals surface area contributed by atoms with E-state index in [4.69, 9.17) is 15.5 Å². The first-order valence-electron chi connectivity index (χ1n) is 9.84. The highest BCUT2D eigenvalue weighted by molar-refractivity contribution is 8.13. The average Bonchev–Trinajstić information content (AvgIpc) is 3.22. The van der Waals surface area contributed by atoms with Crippen molar-refractivity contribution >= 4 is 46.0 Å². The van der Waals surface area contributed by atoms with Crippen molar-refractivity contribution in [2.45, 2.75) is 31.6 Å². The molecule has 0 aromatic carbocycles. The summed E-state index contributed by atoms with van der Waals surface area (Å²) < 4.78 is 34.7. The molecule has 2 aliphatic rings. The number of thiazole rings is 1. The number of carbonyl (C=O) groups excluding carboxylic acids is 2. The SMILES string of the molecule is C[C@H]1C[C@H]2CSC(NC(N)=O)=N[C@@]2(c2nc(NC(=O)c3ccc(OC(F)F)cn3)cs2)CO1. The maximum atomic E-state index is 12.5. The summed E-state index contributed by atoms with van der Waals surface area (Å²) in [5, 5.41) is 7.88. The number of aliphatic imine (C=N–C) groups is 1. The molecule has 1 fully saturated rings. The van der Waals surface area contributed by atoms with Crippen molar-refractivity contribution in [3.8, 4) is 5.75 Å². The van der Waals surface area contributed by atoms with Crippen molar-refractivity contribution in [1.82, 2.24) is 15.3 Å². The standard InChI is InChI=1S/C19H20F2N6O4S2/c1-9-4-10-6-33-18(26-17(22)29)27-19(10,8-30-9)15-25-13(7-32-15)24-14(28)12-3-2-11(5-23-12)31-16(20)21/h2-3,5,7,9-10,16H,4,6,8H2,1H3,(H,24,28)(H3,22,26,27,29)/t9-,10-,19-/m0/s1. The maximum absolute atomic E-state index is 12.5. The van der Waals surface area contributed by atoms with E-state index in [1.54, 1.807) is 5.38 Å². The molecule has 4 N–H and O–H groups in total. The van der Waals surface area contributed by atoms with Crippen molar-refractivity contribution in [1.29, 1.82) is 0 Å². The molecule has 2 aliphatic heterocycles. The van der Waals surface area contributed by atoms with Crippen molar-refractivity contribution in [2.24, 2.45) is 16.6 Å². The van der Waals surface area contributed by atoms with Crippen LogP contribution in [0.1, 0.15) is 28.8 Å². The number of amidine groups is 1. The van der Waals surface area contributed by atoms with Gasteiger partial charge in [-0.3, -0.25) is 10.1 Å². The third kappa shape index (κ3) is 5.23. The molecule has 0 bridgehead atoms. The topological polar surface area (TPSA) is 141 Å². The predicted molar refractivity (Wildman–Crippen MR) is 119 cm³/mol. The van der Waals surface area contributed by atoms with Crippen molar-refractivity contribution in [3.05, 3.63) is 34.4 Å². The second-order valence-electron chi connectivity index (χ2n) is 7.45. The second-order valence-corrected chi connectivity index (χ2v) is 9.31. The quantitative estimate of drug-likeness (QED) is 0.576. The van der Waals surface area contributed by atoms with Crippen LogP contribution in [0.5, 0.6) is 5.75 Å². The van der Waals surface area contributed by atoms with Crippen molar-refractivity contribution in [2.75, 3.05) is 17.7 Å². The summed E-state index contributed by atoms with van der Waals surface area (Å²) in [6.07, 6.45) is 1.87. The van der Waals surface area contributed by atoms with E-state index in [-0.39, 0.29) is 30.1 Å². The van der Waals surface area contributed by atoms with Gasteiger partial charge in [0.2, 0.25) is 0 Å². The molecular weight excluding hydrogens is 478 g/mol. The first kappa shape index (κ1) is 23.3. The molecule has 2 aromatic heterocycles. The number of rotatable bonds is 5. The van der Waals surface area contributed by atoms with Gasteiger partial charge in [0, 0.05) is 17.1 Å². The molecule has 0 unspecified atom stereocenters. The van der Waals surface area contributed by atoms with Gasteiger partial charge in [0.05, 0.1) is 18.9 Å². The maximum Gasteiger partial charge on any atom is 0.387 e. The number of thioether (sulfide) groups is 1. The van der Waals surface area contributed by atoms with Gasteiger partial charge in [-0.05, 0) is 25.5 Å². The molecule has 10 nitrogen and oxygen atoms in total. The van der Waals surface area contributed by atoms with Crippen molar-refractivity contribution in [3.63, 3.8) is 0 Å². The Balaban J connectivity index is 1.54. The number of amides is 3. The second kappa shape index (κ2) is 9.57. The Morgan fingerprint density at radius 2 is 2.18 bits per heavy atom. The van der Waals surface area contributed by atoms with Crippen LogP contribution in [0.2, 0.25) is 0 Å². The number of fused-ring (bicyclic) bond motifs is 1. The normalized spacial score (nSPS) is 24.5. The Bertz CT molecular complexity index is 1070. The molecule has 33 heavy (non-hydrogen) atoms. The van der Waals surface area contributed by atoms with E-state index < -0.39 is 24.1 Å². The van der Waals surface area contributed by atoms with Crippen LogP contribution in [-0.2, 0) is 10.3 Å². The zero-order chi connectivity index (χ0) is 23.6. The van der Waals surface area contributed by atoms with E-state index in [0.717, 1.165) is 12.6 Å². The Hall–Kier alpha value is -2.84. The lowest BCUT2D eigenvalue weighted by molar-refractivity contribution is -0.0500. The summed E-state index contributed by atoms with van der Waals surface area (Å²) in [5.74, 6) is 0.396. The average molecular weight is 499 g/mol. The van der Waals surface area contributed by atoms with Gasteiger partial charge in [-0.1, -0.05) is 11.8 Å². The van der Waals surface area contributed by atoms with Gasteiger partial charge in [-0.15, -0.1) is 11.3 Å². The van der Waals surface area contributed by atoms with E-state index in [2.05, 4.69) is 25.3 Å². The van der Waals surface area contributed by atoms with Gasteiger partial charge in [0.1, 0.15) is 27.8 Å². The molecule has 0 aliphatic carbocycles. The smallest absolute Gasteiger partial charge is 0.387 e. The number of hydrogen-bond acceptors (Lipinski definition) is 9. The van der Waals surface area contributed by atoms with Crippen LogP contribution in [0.15, 0.2) is 28.7 Å². The Labute approximate surface area is 195 Å². The number of hydrogen-bond donors (Lipinski definition) is 3. The summed E-state index contributed by atoms with van der Waals surface area (Å²) >= 11 is 2.73. The van der Waals surface area contributed by atoms with E-state index in [1.807, 2.05) is 6.92 Å². The summed E-state index contributed by atoms with van der Waals surface area (Å²) in [4.78, 5) is 37.0. The summed E-state index contributed by atoms with van der Waals surface area (Å²) in [5.41, 5.74) is 4.46. The van der Waals surface area contributed by atoms with Crippen LogP contribution in [0, 0.1) is 5.92 Å². The molecule has 2 aromatic rings. The van der Waals surface area contributed by atoms with Gasteiger partial charge in [-0.25, -0.2) is 19.8 Å². The third-order valence-corrected chi connectivity index (χ3v) is 7.19. The molecule has 0 saturated carbocycles. The third-order valence-electron chi connectivity index (χ3n) is 5.14. The highest BCUT2D eigenvalue weighted by atomic mass is 32.2. The molecule has 3 atom stereocenters. The molecule has 4 heterocycles. The van der Waals surface area contributed by atoms with E-state index in [0.29, 0.717) is 21.7 Å². The highest BCUT2D eigenvalue weighted by Crippen LogP contribution is 2.47. The number of carbonyl (C=O) groups is 2. The number of alkyl halides is 2. The summed E-state index contributed by atoms with van der Waals surface area (Å²) in [7, 11) is 0. The van der Waals surface area contributed by atoms with Crippen LogP contribution >= 0.6 is 23.1 Å². The Morgan fingerprint density at radius 3 is 2.88 bits per heavy atom. The minimum absolute atomic E-state index is 0.0112. The predicted octanol–water partition coefficient (Wildman–Crippen LogP) is 2.78. The van der Waals surface area contributed by atoms with Crippen LogP contribution in [0.25, 0.3) is 0 Å². The fraction of sp³-hybridized carbons (Fsp3) is 0.421. The van der Waals surface area contributed by atoms with Crippen LogP contribution in [-0.4, -0.2) is 52.1 Å². The number of anilines is 1. The lowest BCUT2D eigenvalue weighted by atomic mass is 9.80. The van der Waals surface area contributed by atoms with Gasteiger partial charge in [0.15, 0.2) is 5.17 Å². The molecule has 176 valence electrons. The van der Waals surface area contributed by atoms with Crippen molar-refractivity contribution < 1.29 is 27.8 Å². The number of primary amides is 1. The Kier molecular flexibility index (Phi) is 6.76.